The molecule has 1 saturated heterocycles. The molecule has 3 N–H and O–H groups in total. The van der Waals surface area contributed by atoms with Crippen molar-refractivity contribution in [2.75, 3.05) is 24.3 Å². The quantitative estimate of drug-likeness (QED) is 0.239. The van der Waals surface area contributed by atoms with Gasteiger partial charge in [0.1, 0.15) is 24.5 Å². The predicted molar refractivity (Wildman–Crippen MR) is 147 cm³/mol. The summed E-state index contributed by atoms with van der Waals surface area (Å²) in [7, 11) is 1.48. The molecule has 10 nitrogen and oxygen atoms in total. The van der Waals surface area contributed by atoms with Crippen LogP contribution in [0.15, 0.2) is 90.8 Å². The fourth-order valence-corrected chi connectivity index (χ4v) is 4.35. The number of carbonyl (C=O) groups excluding carboxylic acids is 4. The molecule has 39 heavy (non-hydrogen) atoms. The summed E-state index contributed by atoms with van der Waals surface area (Å²) in [4.78, 5) is 51.7. The Morgan fingerprint density at radius 1 is 0.872 bits per heavy atom. The lowest BCUT2D eigenvalue weighted by molar-refractivity contribution is -0.127. The summed E-state index contributed by atoms with van der Waals surface area (Å²) >= 11 is 0. The van der Waals surface area contributed by atoms with Crippen LogP contribution in [-0.2, 0) is 20.9 Å². The maximum Gasteiger partial charge on any atom is 0.329 e. The highest BCUT2D eigenvalue weighted by Crippen LogP contribution is 2.26. The van der Waals surface area contributed by atoms with Gasteiger partial charge in [0, 0.05) is 28.4 Å². The number of imide groups is 1. The molecule has 1 fully saturated rings. The van der Waals surface area contributed by atoms with Gasteiger partial charge < -0.3 is 25.3 Å². The van der Waals surface area contributed by atoms with E-state index < -0.39 is 24.4 Å². The molecular weight excluding hydrogens is 498 g/mol. The van der Waals surface area contributed by atoms with Gasteiger partial charge in [0.2, 0.25) is 11.8 Å². The summed E-state index contributed by atoms with van der Waals surface area (Å²) in [5.41, 5.74) is 2.58. The molecule has 196 valence electrons. The number of hydrogen-bond donors (Lipinski definition) is 3. The second kappa shape index (κ2) is 10.9. The molecule has 1 aromatic heterocycles. The van der Waals surface area contributed by atoms with Crippen LogP contribution in [0.3, 0.4) is 0 Å². The van der Waals surface area contributed by atoms with E-state index in [1.807, 2.05) is 42.5 Å². The largest absolute Gasteiger partial charge is 0.495 e. The third-order valence-electron chi connectivity index (χ3n) is 6.14. The SMILES string of the molecule is COc1ccccc1NC(=O)CN1C(=O)N/C(=C/c2cn(CC(=O)Nc3ccccc3)c3ccccc23)C1=O. The van der Waals surface area contributed by atoms with Gasteiger partial charge >= 0.3 is 6.03 Å². The fourth-order valence-electron chi connectivity index (χ4n) is 4.35. The number of fused-ring (bicyclic) bond motifs is 1. The van der Waals surface area contributed by atoms with E-state index in [4.69, 9.17) is 4.74 Å². The molecule has 1 aliphatic rings. The Kier molecular flexibility index (Phi) is 7.09. The first-order chi connectivity index (χ1) is 18.9. The molecule has 5 amide bonds. The van der Waals surface area contributed by atoms with Crippen LogP contribution >= 0.6 is 0 Å². The molecule has 10 heteroatoms. The third-order valence-corrected chi connectivity index (χ3v) is 6.14. The van der Waals surface area contributed by atoms with Crippen LogP contribution < -0.4 is 20.7 Å². The molecule has 4 aromatic rings. The topological polar surface area (TPSA) is 122 Å². The lowest BCUT2D eigenvalue weighted by Crippen LogP contribution is -2.38. The van der Waals surface area contributed by atoms with Gasteiger partial charge in [-0.2, -0.15) is 0 Å². The normalized spacial score (nSPS) is 14.0. The minimum atomic E-state index is -0.701. The molecule has 5 rings (SSSR count). The highest BCUT2D eigenvalue weighted by atomic mass is 16.5. The van der Waals surface area contributed by atoms with Gasteiger partial charge in [-0.3, -0.25) is 14.4 Å². The second-order valence-corrected chi connectivity index (χ2v) is 8.77. The summed E-state index contributed by atoms with van der Waals surface area (Å²) < 4.78 is 7.00. The number of benzene rings is 3. The summed E-state index contributed by atoms with van der Waals surface area (Å²) in [6.45, 7) is -0.421. The van der Waals surface area contributed by atoms with Crippen LogP contribution in [0.1, 0.15) is 5.56 Å². The number of nitrogens with zero attached hydrogens (tertiary/aromatic N) is 2. The van der Waals surface area contributed by atoms with E-state index in [-0.39, 0.29) is 18.1 Å². The van der Waals surface area contributed by atoms with Crippen molar-refractivity contribution in [2.24, 2.45) is 0 Å². The molecular formula is C29H25N5O5. The van der Waals surface area contributed by atoms with Crippen molar-refractivity contribution in [3.05, 3.63) is 96.3 Å². The lowest BCUT2D eigenvalue weighted by atomic mass is 10.1. The van der Waals surface area contributed by atoms with E-state index in [9.17, 15) is 19.2 Å². The molecule has 0 bridgehead atoms. The van der Waals surface area contributed by atoms with Crippen molar-refractivity contribution >= 4 is 52.1 Å². The third kappa shape index (κ3) is 5.49. The average molecular weight is 524 g/mol. The minimum absolute atomic E-state index is 0.0294. The number of amides is 5. The maximum atomic E-state index is 13.1. The molecule has 1 aliphatic heterocycles. The maximum absolute atomic E-state index is 13.1. The summed E-state index contributed by atoms with van der Waals surface area (Å²) in [5, 5.41) is 8.86. The summed E-state index contributed by atoms with van der Waals surface area (Å²) in [6, 6.07) is 22.7. The highest BCUT2D eigenvalue weighted by molar-refractivity contribution is 6.16. The fraction of sp³-hybridized carbons (Fsp3) is 0.103. The van der Waals surface area contributed by atoms with Crippen LogP contribution in [0.4, 0.5) is 16.2 Å². The van der Waals surface area contributed by atoms with Crippen molar-refractivity contribution in [1.82, 2.24) is 14.8 Å². The standard InChI is InChI=1S/C29H25N5O5/c1-39-25-14-8-6-12-22(25)31-27(36)18-34-28(37)23(32-29(34)38)15-19-16-33(24-13-7-5-11-21(19)24)17-26(35)30-20-9-3-2-4-10-20/h2-16H,17-18H2,1H3,(H,30,35)(H,31,36)(H,32,38)/b23-15+. The molecule has 0 atom stereocenters. The van der Waals surface area contributed by atoms with E-state index >= 15 is 0 Å². The van der Waals surface area contributed by atoms with Gasteiger partial charge in [-0.1, -0.05) is 48.5 Å². The Labute approximate surface area is 223 Å². The first-order valence-corrected chi connectivity index (χ1v) is 12.1. The van der Waals surface area contributed by atoms with E-state index in [1.54, 1.807) is 53.2 Å². The first-order valence-electron chi connectivity index (χ1n) is 12.1. The van der Waals surface area contributed by atoms with Crippen molar-refractivity contribution in [2.45, 2.75) is 6.54 Å². The van der Waals surface area contributed by atoms with Crippen molar-refractivity contribution in [3.63, 3.8) is 0 Å². The van der Waals surface area contributed by atoms with E-state index in [0.29, 0.717) is 22.7 Å². The van der Waals surface area contributed by atoms with Crippen LogP contribution in [0.5, 0.6) is 5.75 Å². The lowest BCUT2D eigenvalue weighted by Gasteiger charge is -2.13. The number of anilines is 2. The molecule has 0 saturated carbocycles. The number of hydrogen-bond acceptors (Lipinski definition) is 5. The second-order valence-electron chi connectivity index (χ2n) is 8.77. The van der Waals surface area contributed by atoms with Crippen LogP contribution in [-0.4, -0.2) is 46.9 Å². The van der Waals surface area contributed by atoms with Crippen molar-refractivity contribution in [1.29, 1.82) is 0 Å². The molecule has 0 unspecified atom stereocenters. The minimum Gasteiger partial charge on any atom is -0.495 e. The van der Waals surface area contributed by atoms with Gasteiger partial charge in [0.15, 0.2) is 0 Å². The summed E-state index contributed by atoms with van der Waals surface area (Å²) in [5.74, 6) is -0.935. The molecule has 0 radical (unpaired) electrons. The summed E-state index contributed by atoms with van der Waals surface area (Å²) in [6.07, 6.45) is 3.30. The first kappa shape index (κ1) is 25.3. The zero-order valence-electron chi connectivity index (χ0n) is 21.0. The smallest absolute Gasteiger partial charge is 0.329 e. The Morgan fingerprint density at radius 2 is 1.56 bits per heavy atom. The Morgan fingerprint density at radius 3 is 2.36 bits per heavy atom. The van der Waals surface area contributed by atoms with Crippen LogP contribution in [0.25, 0.3) is 17.0 Å². The van der Waals surface area contributed by atoms with E-state index in [0.717, 1.165) is 15.8 Å². The molecule has 3 aromatic carbocycles. The van der Waals surface area contributed by atoms with Gasteiger partial charge in [-0.25, -0.2) is 9.69 Å². The van der Waals surface area contributed by atoms with Gasteiger partial charge in [-0.15, -0.1) is 0 Å². The Balaban J connectivity index is 1.33. The van der Waals surface area contributed by atoms with Crippen LogP contribution in [0, 0.1) is 0 Å². The van der Waals surface area contributed by atoms with Gasteiger partial charge in [0.05, 0.1) is 12.8 Å². The number of nitrogens with one attached hydrogen (secondary N) is 3. The molecule has 2 heterocycles. The van der Waals surface area contributed by atoms with E-state index in [1.165, 1.54) is 7.11 Å². The van der Waals surface area contributed by atoms with Crippen molar-refractivity contribution in [3.8, 4) is 5.75 Å². The zero-order chi connectivity index (χ0) is 27.4. The number of aromatic nitrogens is 1. The number of rotatable bonds is 8. The van der Waals surface area contributed by atoms with Crippen molar-refractivity contribution < 1.29 is 23.9 Å². The van der Waals surface area contributed by atoms with Gasteiger partial charge in [0.25, 0.3) is 5.91 Å². The number of carbonyl (C=O) groups is 4. The molecule has 0 aliphatic carbocycles. The Bertz CT molecular complexity index is 1610. The Hall–Kier alpha value is -5.38. The number of urea groups is 1. The highest BCUT2D eigenvalue weighted by Gasteiger charge is 2.35. The average Bonchev–Trinajstić information content (AvgIpc) is 3.41. The number of para-hydroxylation sites is 4. The number of ether oxygens (including phenoxy) is 1. The monoisotopic (exact) mass is 523 g/mol. The number of methoxy groups -OCH3 is 1. The zero-order valence-corrected chi connectivity index (χ0v) is 21.0. The van der Waals surface area contributed by atoms with Crippen LogP contribution in [0.2, 0.25) is 0 Å². The molecule has 0 spiro atoms. The van der Waals surface area contributed by atoms with E-state index in [2.05, 4.69) is 16.0 Å². The van der Waals surface area contributed by atoms with Gasteiger partial charge in [-0.05, 0) is 36.4 Å². The predicted octanol–water partition coefficient (Wildman–Crippen LogP) is 3.82.